The van der Waals surface area contributed by atoms with Crippen LogP contribution in [0.4, 0.5) is 10.5 Å². The summed E-state index contributed by atoms with van der Waals surface area (Å²) in [6.07, 6.45) is 0. The molecule has 0 aliphatic heterocycles. The zero-order valence-corrected chi connectivity index (χ0v) is 9.54. The molecule has 0 fully saturated rings. The maximum atomic E-state index is 11.6. The van der Waals surface area contributed by atoms with Crippen LogP contribution in [-0.2, 0) is 10.0 Å². The summed E-state index contributed by atoms with van der Waals surface area (Å²) >= 11 is 0. The Balaban J connectivity index is 2.86. The Bertz CT molecular complexity index is 467. The minimum atomic E-state index is -3.82. The molecular formula is C9H13N3O3S. The van der Waals surface area contributed by atoms with Crippen LogP contribution in [0, 0.1) is 0 Å². The minimum Gasteiger partial charge on any atom is -0.399 e. The molecule has 0 saturated carbocycles. The summed E-state index contributed by atoms with van der Waals surface area (Å²) in [4.78, 5) is 11.1. The van der Waals surface area contributed by atoms with E-state index in [9.17, 15) is 13.2 Å². The largest absolute Gasteiger partial charge is 0.399 e. The highest BCUT2D eigenvalue weighted by atomic mass is 32.2. The van der Waals surface area contributed by atoms with Crippen molar-refractivity contribution in [2.75, 3.05) is 12.3 Å². The average molecular weight is 243 g/mol. The number of urea groups is 1. The minimum absolute atomic E-state index is 0.00652. The van der Waals surface area contributed by atoms with E-state index < -0.39 is 16.1 Å². The van der Waals surface area contributed by atoms with Crippen molar-refractivity contribution in [2.45, 2.75) is 11.8 Å². The van der Waals surface area contributed by atoms with Crippen molar-refractivity contribution < 1.29 is 13.2 Å². The fourth-order valence-corrected chi connectivity index (χ4v) is 1.95. The monoisotopic (exact) mass is 243 g/mol. The standard InChI is InChI=1S/C9H13N3O3S/c1-2-11-9(13)12-16(14,15)8-5-3-7(10)4-6-8/h3-6H,2,10H2,1H3,(H2,11,12,13). The van der Waals surface area contributed by atoms with Crippen LogP contribution in [0.5, 0.6) is 0 Å². The van der Waals surface area contributed by atoms with E-state index in [1.165, 1.54) is 24.3 Å². The Hall–Kier alpha value is -1.76. The molecule has 0 bridgehead atoms. The molecule has 0 radical (unpaired) electrons. The fourth-order valence-electron chi connectivity index (χ4n) is 1.02. The number of nitrogens with one attached hydrogen (secondary N) is 2. The first-order chi connectivity index (χ1) is 7.45. The predicted octanol–water partition coefficient (Wildman–Crippen LogP) is 0.277. The second-order valence-electron chi connectivity index (χ2n) is 3.03. The molecule has 6 nitrogen and oxygen atoms in total. The van der Waals surface area contributed by atoms with E-state index in [2.05, 4.69) is 5.32 Å². The second-order valence-corrected chi connectivity index (χ2v) is 4.72. The van der Waals surface area contributed by atoms with E-state index in [1.807, 2.05) is 4.72 Å². The molecule has 0 spiro atoms. The lowest BCUT2D eigenvalue weighted by atomic mass is 10.3. The van der Waals surface area contributed by atoms with E-state index >= 15 is 0 Å². The van der Waals surface area contributed by atoms with Gasteiger partial charge in [-0.05, 0) is 31.2 Å². The molecule has 0 heterocycles. The molecule has 1 aromatic rings. The summed E-state index contributed by atoms with van der Waals surface area (Å²) in [6.45, 7) is 2.04. The molecule has 2 amide bonds. The highest BCUT2D eigenvalue weighted by Gasteiger charge is 2.16. The number of amides is 2. The van der Waals surface area contributed by atoms with Crippen LogP contribution in [0.15, 0.2) is 29.2 Å². The number of nitrogen functional groups attached to an aromatic ring is 1. The van der Waals surface area contributed by atoms with Crippen LogP contribution in [0.2, 0.25) is 0 Å². The third-order valence-electron chi connectivity index (χ3n) is 1.75. The molecule has 0 aliphatic carbocycles. The molecule has 4 N–H and O–H groups in total. The van der Waals surface area contributed by atoms with Gasteiger partial charge in [0.15, 0.2) is 0 Å². The van der Waals surface area contributed by atoms with Crippen molar-refractivity contribution in [3.8, 4) is 0 Å². The van der Waals surface area contributed by atoms with Crippen molar-refractivity contribution in [3.63, 3.8) is 0 Å². The lowest BCUT2D eigenvalue weighted by Gasteiger charge is -2.07. The van der Waals surface area contributed by atoms with Crippen molar-refractivity contribution in [1.29, 1.82) is 0 Å². The van der Waals surface area contributed by atoms with Gasteiger partial charge in [-0.15, -0.1) is 0 Å². The quantitative estimate of drug-likeness (QED) is 0.663. The number of hydrogen-bond acceptors (Lipinski definition) is 4. The summed E-state index contributed by atoms with van der Waals surface area (Å²) in [5, 5.41) is 2.33. The van der Waals surface area contributed by atoms with Gasteiger partial charge >= 0.3 is 6.03 Å². The number of rotatable bonds is 3. The van der Waals surface area contributed by atoms with Crippen LogP contribution in [0.25, 0.3) is 0 Å². The highest BCUT2D eigenvalue weighted by molar-refractivity contribution is 7.90. The number of carbonyl (C=O) groups is 1. The number of benzene rings is 1. The maximum Gasteiger partial charge on any atom is 0.328 e. The molecule has 0 unspecified atom stereocenters. The number of hydrogen-bond donors (Lipinski definition) is 3. The van der Waals surface area contributed by atoms with E-state index in [1.54, 1.807) is 6.92 Å². The van der Waals surface area contributed by atoms with Crippen molar-refractivity contribution in [2.24, 2.45) is 0 Å². The molecule has 0 aromatic heterocycles. The van der Waals surface area contributed by atoms with Crippen molar-refractivity contribution in [3.05, 3.63) is 24.3 Å². The lowest BCUT2D eigenvalue weighted by molar-refractivity contribution is 0.246. The van der Waals surface area contributed by atoms with E-state index in [-0.39, 0.29) is 4.90 Å². The van der Waals surface area contributed by atoms with Gasteiger partial charge in [-0.1, -0.05) is 0 Å². The van der Waals surface area contributed by atoms with E-state index in [4.69, 9.17) is 5.73 Å². The third-order valence-corrected chi connectivity index (χ3v) is 3.10. The van der Waals surface area contributed by atoms with Crippen LogP contribution in [0.1, 0.15) is 6.92 Å². The van der Waals surface area contributed by atoms with Gasteiger partial charge in [0.2, 0.25) is 0 Å². The van der Waals surface area contributed by atoms with Crippen LogP contribution >= 0.6 is 0 Å². The summed E-state index contributed by atoms with van der Waals surface area (Å²) in [6, 6.07) is 4.81. The Morgan fingerprint density at radius 2 is 1.88 bits per heavy atom. The van der Waals surface area contributed by atoms with Crippen LogP contribution < -0.4 is 15.8 Å². The van der Waals surface area contributed by atoms with Crippen molar-refractivity contribution >= 4 is 21.7 Å². The molecule has 0 aliphatic rings. The topological polar surface area (TPSA) is 101 Å². The van der Waals surface area contributed by atoms with Crippen molar-refractivity contribution in [1.82, 2.24) is 10.0 Å². The number of nitrogens with two attached hydrogens (primary N) is 1. The molecule has 0 atom stereocenters. The Kier molecular flexibility index (Phi) is 3.73. The molecule has 0 saturated heterocycles. The van der Waals surface area contributed by atoms with Gasteiger partial charge in [-0.2, -0.15) is 0 Å². The smallest absolute Gasteiger partial charge is 0.328 e. The molecule has 1 aromatic carbocycles. The fraction of sp³-hybridized carbons (Fsp3) is 0.222. The molecule has 16 heavy (non-hydrogen) atoms. The Labute approximate surface area is 93.9 Å². The first-order valence-corrected chi connectivity index (χ1v) is 6.10. The highest BCUT2D eigenvalue weighted by Crippen LogP contribution is 2.10. The van der Waals surface area contributed by atoms with Gasteiger partial charge in [0.25, 0.3) is 10.0 Å². The molecule has 1 rings (SSSR count). The first-order valence-electron chi connectivity index (χ1n) is 4.62. The van der Waals surface area contributed by atoms with Gasteiger partial charge in [-0.25, -0.2) is 17.9 Å². The van der Waals surface area contributed by atoms with Gasteiger partial charge in [0, 0.05) is 12.2 Å². The second kappa shape index (κ2) is 4.84. The first kappa shape index (κ1) is 12.3. The maximum absolute atomic E-state index is 11.6. The molecular weight excluding hydrogens is 230 g/mol. The summed E-state index contributed by atoms with van der Waals surface area (Å²) in [5.74, 6) is 0. The van der Waals surface area contributed by atoms with Gasteiger partial charge in [-0.3, -0.25) is 0 Å². The number of carbonyl (C=O) groups excluding carboxylic acids is 1. The Morgan fingerprint density at radius 3 is 2.38 bits per heavy atom. The number of sulfonamides is 1. The predicted molar refractivity (Wildman–Crippen MR) is 60.2 cm³/mol. The SMILES string of the molecule is CCNC(=O)NS(=O)(=O)c1ccc(N)cc1. The molecule has 7 heteroatoms. The van der Waals surface area contributed by atoms with E-state index in [0.717, 1.165) is 0 Å². The Morgan fingerprint density at radius 1 is 1.31 bits per heavy atom. The zero-order chi connectivity index (χ0) is 12.2. The summed E-state index contributed by atoms with van der Waals surface area (Å²) in [5.41, 5.74) is 5.88. The van der Waals surface area contributed by atoms with Crippen LogP contribution in [-0.4, -0.2) is 21.0 Å². The normalized spacial score (nSPS) is 10.8. The summed E-state index contributed by atoms with van der Waals surface area (Å²) < 4.78 is 25.1. The number of anilines is 1. The van der Waals surface area contributed by atoms with Gasteiger partial charge < -0.3 is 11.1 Å². The van der Waals surface area contributed by atoms with Gasteiger partial charge in [0.1, 0.15) is 0 Å². The zero-order valence-electron chi connectivity index (χ0n) is 8.73. The summed E-state index contributed by atoms with van der Waals surface area (Å²) in [7, 11) is -3.82. The van der Waals surface area contributed by atoms with E-state index in [0.29, 0.717) is 12.2 Å². The van der Waals surface area contributed by atoms with Gasteiger partial charge in [0.05, 0.1) is 4.90 Å². The third kappa shape index (κ3) is 3.13. The molecule has 88 valence electrons. The average Bonchev–Trinajstić information content (AvgIpc) is 2.17. The van der Waals surface area contributed by atoms with Crippen LogP contribution in [0.3, 0.4) is 0 Å². The lowest BCUT2D eigenvalue weighted by Crippen LogP contribution is -2.39.